The third-order valence-electron chi connectivity index (χ3n) is 7.33. The monoisotopic (exact) mass is 498 g/mol. The number of aromatic nitrogens is 6. The van der Waals surface area contributed by atoms with Crippen molar-refractivity contribution in [1.82, 2.24) is 29.9 Å². The first-order valence-corrected chi connectivity index (χ1v) is 13.2. The van der Waals surface area contributed by atoms with Gasteiger partial charge in [0.05, 0.1) is 15.7 Å². The van der Waals surface area contributed by atoms with E-state index in [1.54, 1.807) is 6.33 Å². The Kier molecular flexibility index (Phi) is 4.12. The summed E-state index contributed by atoms with van der Waals surface area (Å²) < 4.78 is 2.51. The molecule has 8 aromatic rings. The van der Waals surface area contributed by atoms with Crippen LogP contribution in [0.25, 0.3) is 75.0 Å². The van der Waals surface area contributed by atoms with E-state index in [1.165, 1.54) is 31.3 Å². The van der Waals surface area contributed by atoms with Crippen LogP contribution in [0.3, 0.4) is 0 Å². The maximum absolute atomic E-state index is 4.94. The molecule has 178 valence electrons. The summed E-state index contributed by atoms with van der Waals surface area (Å²) in [6.07, 6.45) is 3.49. The highest BCUT2D eigenvalue weighted by atomic mass is 32.1. The van der Waals surface area contributed by atoms with Gasteiger partial charge in [-0.25, -0.2) is 19.9 Å². The summed E-state index contributed by atoms with van der Waals surface area (Å²) in [6.45, 7) is 6.32. The molecule has 0 bridgehead atoms. The van der Waals surface area contributed by atoms with E-state index in [1.807, 2.05) is 24.5 Å². The summed E-state index contributed by atoms with van der Waals surface area (Å²) in [5, 5.41) is 5.81. The van der Waals surface area contributed by atoms with Crippen molar-refractivity contribution in [3.05, 3.63) is 72.7 Å². The van der Waals surface area contributed by atoms with E-state index in [9.17, 15) is 0 Å². The van der Waals surface area contributed by atoms with Crippen molar-refractivity contribution < 1.29 is 0 Å². The molecule has 0 saturated heterocycles. The van der Waals surface area contributed by atoms with Crippen LogP contribution in [0.5, 0.6) is 0 Å². The number of fused-ring (bicyclic) bond motifs is 11. The molecule has 6 nitrogen and oxygen atoms in total. The lowest BCUT2D eigenvalue weighted by Gasteiger charge is -2.08. The van der Waals surface area contributed by atoms with Crippen molar-refractivity contribution in [2.24, 2.45) is 0 Å². The quantitative estimate of drug-likeness (QED) is 0.237. The summed E-state index contributed by atoms with van der Waals surface area (Å²) in [7, 11) is 0. The minimum absolute atomic E-state index is 0.365. The maximum Gasteiger partial charge on any atom is 0.116 e. The van der Waals surface area contributed by atoms with Gasteiger partial charge in [0, 0.05) is 38.4 Å². The lowest BCUT2D eigenvalue weighted by atomic mass is 9.97. The fourth-order valence-corrected chi connectivity index (χ4v) is 6.75. The first-order chi connectivity index (χ1) is 18.0. The second-order valence-electron chi connectivity index (χ2n) is 10.0. The largest absolute Gasteiger partial charge is 0.342 e. The molecule has 4 aromatic heterocycles. The number of hydrogen-bond acceptors (Lipinski definition) is 5. The molecule has 0 aliphatic rings. The molecular weight excluding hydrogens is 476 g/mol. The molecule has 0 unspecified atom stereocenters. The van der Waals surface area contributed by atoms with Crippen LogP contribution < -0.4 is 0 Å². The Labute approximate surface area is 215 Å². The molecule has 0 aliphatic heterocycles. The highest BCUT2D eigenvalue weighted by molar-refractivity contribution is 7.26. The Morgan fingerprint density at radius 2 is 1.57 bits per heavy atom. The molecule has 4 heterocycles. The molecule has 0 amide bonds. The second kappa shape index (κ2) is 7.33. The van der Waals surface area contributed by atoms with Gasteiger partial charge in [0.2, 0.25) is 0 Å². The summed E-state index contributed by atoms with van der Waals surface area (Å²) in [5.74, 6) is 2.28. The third-order valence-corrected chi connectivity index (χ3v) is 8.50. The molecule has 7 heteroatoms. The van der Waals surface area contributed by atoms with Gasteiger partial charge in [0.25, 0.3) is 0 Å². The van der Waals surface area contributed by atoms with Gasteiger partial charge in [0.15, 0.2) is 0 Å². The topological polar surface area (TPSA) is 83.1 Å². The molecule has 37 heavy (non-hydrogen) atoms. The van der Waals surface area contributed by atoms with E-state index >= 15 is 0 Å². The zero-order chi connectivity index (χ0) is 24.8. The van der Waals surface area contributed by atoms with Crippen LogP contribution >= 0.6 is 11.3 Å². The van der Waals surface area contributed by atoms with Gasteiger partial charge in [0.1, 0.15) is 34.5 Å². The van der Waals surface area contributed by atoms with Crippen molar-refractivity contribution in [2.45, 2.75) is 26.7 Å². The van der Waals surface area contributed by atoms with E-state index < -0.39 is 0 Å². The first-order valence-electron chi connectivity index (χ1n) is 12.4. The zero-order valence-electron chi connectivity index (χ0n) is 20.5. The van der Waals surface area contributed by atoms with Crippen molar-refractivity contribution in [1.29, 1.82) is 0 Å². The molecule has 0 atom stereocenters. The fourth-order valence-electron chi connectivity index (χ4n) is 5.52. The maximum atomic E-state index is 4.94. The minimum Gasteiger partial charge on any atom is -0.342 e. The van der Waals surface area contributed by atoms with Crippen molar-refractivity contribution in [2.75, 3.05) is 0 Å². The van der Waals surface area contributed by atoms with E-state index in [0.29, 0.717) is 5.92 Å². The molecule has 0 aliphatic carbocycles. The van der Waals surface area contributed by atoms with Gasteiger partial charge >= 0.3 is 0 Å². The highest BCUT2D eigenvalue weighted by Crippen LogP contribution is 2.41. The van der Waals surface area contributed by atoms with Gasteiger partial charge in [-0.1, -0.05) is 44.2 Å². The van der Waals surface area contributed by atoms with E-state index in [2.05, 4.69) is 82.3 Å². The molecule has 4 aromatic carbocycles. The van der Waals surface area contributed by atoms with Crippen LogP contribution in [0, 0.1) is 6.92 Å². The van der Waals surface area contributed by atoms with E-state index in [-0.39, 0.29) is 0 Å². The van der Waals surface area contributed by atoms with Gasteiger partial charge in [-0.3, -0.25) is 0 Å². The fraction of sp³-hybridized carbons (Fsp3) is 0.133. The lowest BCUT2D eigenvalue weighted by Crippen LogP contribution is -1.88. The number of rotatable bonds is 2. The summed E-state index contributed by atoms with van der Waals surface area (Å²) in [6, 6.07) is 17.8. The molecule has 0 saturated carbocycles. The van der Waals surface area contributed by atoms with Crippen LogP contribution in [0.1, 0.15) is 31.4 Å². The number of imidazole rings is 2. The highest BCUT2D eigenvalue weighted by Gasteiger charge is 2.16. The van der Waals surface area contributed by atoms with Crippen LogP contribution in [0.15, 0.2) is 61.1 Å². The van der Waals surface area contributed by atoms with Gasteiger partial charge < -0.3 is 9.97 Å². The van der Waals surface area contributed by atoms with E-state index in [4.69, 9.17) is 9.97 Å². The summed E-state index contributed by atoms with van der Waals surface area (Å²) in [5.41, 5.74) is 7.32. The SMILES string of the molecule is Cc1nc2c3ncncc3c3cc(-c4ccc5c(c4)sc4c5ccc5[nH]c(C(C)C)nc54)ccc3c2[nH]1. The molecule has 8 rings (SSSR count). The predicted molar refractivity (Wildman–Crippen MR) is 153 cm³/mol. The Morgan fingerprint density at radius 3 is 2.43 bits per heavy atom. The molecule has 0 spiro atoms. The van der Waals surface area contributed by atoms with Crippen molar-refractivity contribution in [3.8, 4) is 11.1 Å². The van der Waals surface area contributed by atoms with Crippen LogP contribution in [-0.2, 0) is 0 Å². The normalized spacial score (nSPS) is 12.4. The molecule has 2 N–H and O–H groups in total. The van der Waals surface area contributed by atoms with Crippen LogP contribution in [-0.4, -0.2) is 29.9 Å². The van der Waals surface area contributed by atoms with Crippen LogP contribution in [0.4, 0.5) is 0 Å². The molecule has 0 radical (unpaired) electrons. The van der Waals surface area contributed by atoms with Gasteiger partial charge in [-0.2, -0.15) is 0 Å². The Morgan fingerprint density at radius 1 is 0.757 bits per heavy atom. The van der Waals surface area contributed by atoms with Crippen molar-refractivity contribution >= 4 is 75.3 Å². The third kappa shape index (κ3) is 2.92. The average molecular weight is 499 g/mol. The van der Waals surface area contributed by atoms with Gasteiger partial charge in [-0.05, 0) is 41.6 Å². The Hall–Kier alpha value is -4.36. The number of aryl methyl sites for hydroxylation is 1. The summed E-state index contributed by atoms with van der Waals surface area (Å²) >= 11 is 1.82. The number of aromatic amines is 2. The van der Waals surface area contributed by atoms with Crippen LogP contribution in [0.2, 0.25) is 0 Å². The second-order valence-corrected chi connectivity index (χ2v) is 11.1. The number of nitrogens with one attached hydrogen (secondary N) is 2. The predicted octanol–water partition coefficient (Wildman–Crippen LogP) is 8.00. The lowest BCUT2D eigenvalue weighted by molar-refractivity contribution is 0.799. The molecule has 0 fully saturated rings. The number of H-pyrrole nitrogens is 2. The summed E-state index contributed by atoms with van der Waals surface area (Å²) in [4.78, 5) is 25.5. The minimum atomic E-state index is 0.365. The smallest absolute Gasteiger partial charge is 0.116 e. The zero-order valence-corrected chi connectivity index (χ0v) is 21.4. The number of hydrogen-bond donors (Lipinski definition) is 2. The Balaban J connectivity index is 1.35. The number of thiophene rings is 1. The average Bonchev–Trinajstić information content (AvgIpc) is 3.62. The molecular formula is C30H22N6S. The Bertz CT molecular complexity index is 2200. The number of nitrogens with zero attached hydrogens (tertiary/aromatic N) is 4. The standard InChI is InChI=1S/C30H22N6S/c1-14(2)30-35-23-9-8-20-18-6-4-17(11-24(18)37-29(20)27(23)36-30)16-5-7-19-21(10-16)22-12-31-13-32-25(22)28-26(19)33-15(3)34-28/h4-14H,1-3H3,(H,33,34)(H,35,36). The van der Waals surface area contributed by atoms with Crippen molar-refractivity contribution in [3.63, 3.8) is 0 Å². The van der Waals surface area contributed by atoms with Gasteiger partial charge in [-0.15, -0.1) is 11.3 Å². The van der Waals surface area contributed by atoms with E-state index in [0.717, 1.165) is 55.4 Å². The first kappa shape index (κ1) is 20.8. The number of benzene rings is 4.